The SMILES string of the molecule is C=C1[C@@H](CO)[C@@H](O)C[C@@H]1n1cnc2c(=O)[nH]c(N)cc21. The molecule has 1 fully saturated rings. The van der Waals surface area contributed by atoms with Crippen LogP contribution in [0.1, 0.15) is 12.5 Å². The van der Waals surface area contributed by atoms with Gasteiger partial charge in [0.05, 0.1) is 30.6 Å². The first-order valence-electron chi connectivity index (χ1n) is 6.36. The average Bonchev–Trinajstić information content (AvgIpc) is 2.91. The number of anilines is 1. The van der Waals surface area contributed by atoms with Crippen molar-refractivity contribution in [1.82, 2.24) is 14.5 Å². The van der Waals surface area contributed by atoms with E-state index in [2.05, 4.69) is 16.5 Å². The maximum absolute atomic E-state index is 11.8. The van der Waals surface area contributed by atoms with Crippen LogP contribution in [-0.4, -0.2) is 37.5 Å². The van der Waals surface area contributed by atoms with E-state index >= 15 is 0 Å². The molecule has 0 amide bonds. The van der Waals surface area contributed by atoms with Crippen LogP contribution < -0.4 is 11.3 Å². The first kappa shape index (κ1) is 12.9. The molecule has 2 aromatic heterocycles. The number of aliphatic hydroxyl groups excluding tert-OH is 2. The van der Waals surface area contributed by atoms with Crippen molar-refractivity contribution in [2.24, 2.45) is 5.92 Å². The van der Waals surface area contributed by atoms with Gasteiger partial charge in [-0.15, -0.1) is 0 Å². The molecule has 0 unspecified atom stereocenters. The third-order valence-corrected chi connectivity index (χ3v) is 3.96. The fourth-order valence-electron chi connectivity index (χ4n) is 2.88. The molecule has 106 valence electrons. The molecule has 2 aromatic rings. The lowest BCUT2D eigenvalue weighted by Crippen LogP contribution is -2.17. The highest BCUT2D eigenvalue weighted by atomic mass is 16.3. The maximum atomic E-state index is 11.8. The summed E-state index contributed by atoms with van der Waals surface area (Å²) in [5, 5.41) is 19.3. The summed E-state index contributed by atoms with van der Waals surface area (Å²) in [6, 6.07) is 1.43. The maximum Gasteiger partial charge on any atom is 0.277 e. The monoisotopic (exact) mass is 276 g/mol. The van der Waals surface area contributed by atoms with Gasteiger partial charge in [0.25, 0.3) is 5.56 Å². The van der Waals surface area contributed by atoms with Crippen LogP contribution in [0.4, 0.5) is 5.82 Å². The Morgan fingerprint density at radius 2 is 2.35 bits per heavy atom. The molecule has 0 radical (unpaired) electrons. The van der Waals surface area contributed by atoms with Crippen molar-refractivity contribution >= 4 is 16.9 Å². The summed E-state index contributed by atoms with van der Waals surface area (Å²) in [7, 11) is 0. The Hall–Kier alpha value is -2.12. The van der Waals surface area contributed by atoms with Crippen molar-refractivity contribution in [1.29, 1.82) is 0 Å². The van der Waals surface area contributed by atoms with Crippen molar-refractivity contribution in [2.45, 2.75) is 18.6 Å². The van der Waals surface area contributed by atoms with E-state index in [4.69, 9.17) is 5.73 Å². The first-order valence-corrected chi connectivity index (χ1v) is 6.36. The Balaban J connectivity index is 2.12. The molecule has 5 N–H and O–H groups in total. The average molecular weight is 276 g/mol. The molecule has 20 heavy (non-hydrogen) atoms. The standard InChI is InChI=1S/C13H16N4O3/c1-6-7(4-18)10(19)2-8(6)17-5-15-12-9(17)3-11(14)16-13(12)20/h3,5,7-8,10,18-19H,1-2,4H2,(H3,14,16,20)/t7-,8+,10+/m1/s1. The van der Waals surface area contributed by atoms with Crippen LogP contribution in [0, 0.1) is 5.92 Å². The molecule has 0 spiro atoms. The molecule has 1 aliphatic carbocycles. The molecule has 1 aliphatic rings. The Morgan fingerprint density at radius 3 is 3.00 bits per heavy atom. The first-order chi connectivity index (χ1) is 9.52. The number of aromatic amines is 1. The second-order valence-electron chi connectivity index (χ2n) is 5.12. The van der Waals surface area contributed by atoms with E-state index in [0.29, 0.717) is 17.5 Å². The van der Waals surface area contributed by atoms with Gasteiger partial charge in [-0.3, -0.25) is 4.79 Å². The highest BCUT2D eigenvalue weighted by molar-refractivity contribution is 5.77. The molecule has 0 bridgehead atoms. The van der Waals surface area contributed by atoms with Gasteiger partial charge < -0.3 is 25.5 Å². The van der Waals surface area contributed by atoms with Gasteiger partial charge in [-0.2, -0.15) is 0 Å². The third-order valence-electron chi connectivity index (χ3n) is 3.96. The van der Waals surface area contributed by atoms with Gasteiger partial charge >= 0.3 is 0 Å². The Labute approximate surface area is 114 Å². The largest absolute Gasteiger partial charge is 0.396 e. The Kier molecular flexibility index (Phi) is 2.88. The summed E-state index contributed by atoms with van der Waals surface area (Å²) in [4.78, 5) is 18.4. The van der Waals surface area contributed by atoms with Crippen LogP contribution in [0.2, 0.25) is 0 Å². The predicted molar refractivity (Wildman–Crippen MR) is 74.1 cm³/mol. The van der Waals surface area contributed by atoms with Crippen molar-refractivity contribution in [3.8, 4) is 0 Å². The summed E-state index contributed by atoms with van der Waals surface area (Å²) < 4.78 is 1.78. The highest BCUT2D eigenvalue weighted by Crippen LogP contribution is 2.40. The van der Waals surface area contributed by atoms with Crippen molar-refractivity contribution < 1.29 is 10.2 Å². The zero-order valence-corrected chi connectivity index (χ0v) is 10.8. The number of aliphatic hydroxyl groups is 2. The summed E-state index contributed by atoms with van der Waals surface area (Å²) >= 11 is 0. The molecule has 0 aliphatic heterocycles. The topological polar surface area (TPSA) is 117 Å². The molecular formula is C13H16N4O3. The van der Waals surface area contributed by atoms with Gasteiger partial charge in [0.1, 0.15) is 5.82 Å². The van der Waals surface area contributed by atoms with Gasteiger partial charge in [-0.25, -0.2) is 4.98 Å². The smallest absolute Gasteiger partial charge is 0.277 e. The second-order valence-corrected chi connectivity index (χ2v) is 5.12. The number of nitrogens with two attached hydrogens (primary N) is 1. The van der Waals surface area contributed by atoms with Crippen molar-refractivity contribution in [3.63, 3.8) is 0 Å². The molecule has 7 heteroatoms. The lowest BCUT2D eigenvalue weighted by Gasteiger charge is -2.16. The number of rotatable bonds is 2. The van der Waals surface area contributed by atoms with Gasteiger partial charge in [0, 0.05) is 12.0 Å². The quantitative estimate of drug-likeness (QED) is 0.566. The highest BCUT2D eigenvalue weighted by Gasteiger charge is 2.37. The second kappa shape index (κ2) is 4.46. The number of pyridine rings is 1. The summed E-state index contributed by atoms with van der Waals surface area (Å²) in [6.07, 6.45) is 1.33. The molecule has 0 aromatic carbocycles. The number of nitrogens with one attached hydrogen (secondary N) is 1. The van der Waals surface area contributed by atoms with Crippen LogP contribution >= 0.6 is 0 Å². The zero-order valence-electron chi connectivity index (χ0n) is 10.8. The van der Waals surface area contributed by atoms with Gasteiger partial charge in [-0.1, -0.05) is 6.58 Å². The van der Waals surface area contributed by atoms with Crippen LogP contribution in [0.3, 0.4) is 0 Å². The number of fused-ring (bicyclic) bond motifs is 1. The minimum atomic E-state index is -0.644. The number of nitrogen functional groups attached to an aromatic ring is 1. The van der Waals surface area contributed by atoms with Gasteiger partial charge in [-0.05, 0) is 12.0 Å². The predicted octanol–water partition coefficient (Wildman–Crippen LogP) is -0.223. The lowest BCUT2D eigenvalue weighted by molar-refractivity contribution is 0.101. The van der Waals surface area contributed by atoms with E-state index in [1.165, 1.54) is 0 Å². The van der Waals surface area contributed by atoms with Crippen LogP contribution in [0.5, 0.6) is 0 Å². The number of hydrogen-bond acceptors (Lipinski definition) is 5. The normalized spacial score (nSPS) is 26.5. The minimum Gasteiger partial charge on any atom is -0.396 e. The molecule has 1 saturated carbocycles. The fourth-order valence-corrected chi connectivity index (χ4v) is 2.88. The van der Waals surface area contributed by atoms with E-state index in [-0.39, 0.29) is 29.9 Å². The fraction of sp³-hybridized carbons (Fsp3) is 0.385. The number of nitrogens with zero attached hydrogens (tertiary/aromatic N) is 2. The van der Waals surface area contributed by atoms with Crippen LogP contribution in [0.25, 0.3) is 11.0 Å². The van der Waals surface area contributed by atoms with E-state index in [1.54, 1.807) is 17.0 Å². The summed E-state index contributed by atoms with van der Waals surface area (Å²) in [5.41, 5.74) is 6.95. The summed E-state index contributed by atoms with van der Waals surface area (Å²) in [6.45, 7) is 3.81. The lowest BCUT2D eigenvalue weighted by atomic mass is 10.0. The summed E-state index contributed by atoms with van der Waals surface area (Å²) in [5.74, 6) is -0.0936. The van der Waals surface area contributed by atoms with E-state index in [1.807, 2.05) is 0 Å². The molecule has 3 atom stereocenters. The minimum absolute atomic E-state index is 0.147. The van der Waals surface area contributed by atoms with E-state index < -0.39 is 6.10 Å². The van der Waals surface area contributed by atoms with E-state index in [9.17, 15) is 15.0 Å². The molecular weight excluding hydrogens is 260 g/mol. The van der Waals surface area contributed by atoms with Crippen molar-refractivity contribution in [3.05, 3.63) is 34.9 Å². The molecule has 0 saturated heterocycles. The number of H-pyrrole nitrogens is 1. The number of imidazole rings is 1. The number of aromatic nitrogens is 3. The van der Waals surface area contributed by atoms with Crippen LogP contribution in [-0.2, 0) is 0 Å². The number of hydrogen-bond donors (Lipinski definition) is 4. The third kappa shape index (κ3) is 1.75. The Bertz CT molecular complexity index is 733. The zero-order chi connectivity index (χ0) is 14.4. The molecule has 2 heterocycles. The van der Waals surface area contributed by atoms with Crippen molar-refractivity contribution in [2.75, 3.05) is 12.3 Å². The van der Waals surface area contributed by atoms with E-state index in [0.717, 1.165) is 5.57 Å². The van der Waals surface area contributed by atoms with Gasteiger partial charge in [0.15, 0.2) is 5.52 Å². The van der Waals surface area contributed by atoms with Gasteiger partial charge in [0.2, 0.25) is 0 Å². The Morgan fingerprint density at radius 1 is 1.60 bits per heavy atom. The van der Waals surface area contributed by atoms with Crippen LogP contribution in [0.15, 0.2) is 29.3 Å². The molecule has 7 nitrogen and oxygen atoms in total. The molecule has 3 rings (SSSR count).